The maximum Gasteiger partial charge on any atom is 0.142 e. The van der Waals surface area contributed by atoms with Crippen LogP contribution in [0.2, 0.25) is 0 Å². The number of halogens is 1. The lowest BCUT2D eigenvalue weighted by molar-refractivity contribution is 0.750. The molecule has 0 radical (unpaired) electrons. The van der Waals surface area contributed by atoms with Gasteiger partial charge in [-0.2, -0.15) is 4.37 Å². The highest BCUT2D eigenvalue weighted by Gasteiger charge is 2.29. The number of aryl methyl sites for hydroxylation is 1. The summed E-state index contributed by atoms with van der Waals surface area (Å²) in [5.41, 5.74) is 0. The molecule has 2 rings (SSSR count). The lowest BCUT2D eigenvalue weighted by atomic mass is 10.2. The van der Waals surface area contributed by atoms with E-state index in [1.165, 1.54) is 17.8 Å². The second-order valence-electron chi connectivity index (χ2n) is 3.91. The molecular weight excluding hydrogens is 260 g/mol. The molecule has 1 atom stereocenters. The molecule has 1 aliphatic rings. The van der Waals surface area contributed by atoms with Crippen molar-refractivity contribution < 1.29 is 0 Å². The maximum absolute atomic E-state index is 4.53. The van der Waals surface area contributed by atoms with Crippen molar-refractivity contribution in [1.82, 2.24) is 9.36 Å². The van der Waals surface area contributed by atoms with Gasteiger partial charge in [-0.1, -0.05) is 22.9 Å². The molecule has 1 unspecified atom stereocenters. The normalized spacial score (nSPS) is 18.4. The summed E-state index contributed by atoms with van der Waals surface area (Å²) in [6, 6.07) is 0. The van der Waals surface area contributed by atoms with Crippen LogP contribution in [0.1, 0.15) is 37.0 Å². The highest BCUT2D eigenvalue weighted by atomic mass is 79.9. The van der Waals surface area contributed by atoms with Crippen molar-refractivity contribution in [1.29, 1.82) is 0 Å². The standard InChI is InChI=1S/C10H15BrN2S/c1-2-3-9-12-10(14-13-9)6-8(11)7-4-5-7/h7-8H,2-6H2,1H3. The van der Waals surface area contributed by atoms with Gasteiger partial charge < -0.3 is 0 Å². The van der Waals surface area contributed by atoms with Gasteiger partial charge in [-0.25, -0.2) is 4.98 Å². The van der Waals surface area contributed by atoms with Crippen LogP contribution < -0.4 is 0 Å². The van der Waals surface area contributed by atoms with Gasteiger partial charge in [0.25, 0.3) is 0 Å². The molecule has 0 amide bonds. The van der Waals surface area contributed by atoms with Crippen molar-refractivity contribution in [2.24, 2.45) is 5.92 Å². The summed E-state index contributed by atoms with van der Waals surface area (Å²) in [5.74, 6) is 1.93. The second-order valence-corrected chi connectivity index (χ2v) is 5.92. The van der Waals surface area contributed by atoms with Crippen molar-refractivity contribution in [3.63, 3.8) is 0 Å². The predicted octanol–water partition coefficient (Wildman–Crippen LogP) is 3.21. The minimum Gasteiger partial charge on any atom is -0.225 e. The van der Waals surface area contributed by atoms with Gasteiger partial charge in [-0.05, 0) is 36.7 Å². The van der Waals surface area contributed by atoms with Crippen LogP contribution in [0.15, 0.2) is 0 Å². The number of alkyl halides is 1. The van der Waals surface area contributed by atoms with Crippen LogP contribution in [0.5, 0.6) is 0 Å². The smallest absolute Gasteiger partial charge is 0.142 e. The summed E-state index contributed by atoms with van der Waals surface area (Å²) in [7, 11) is 0. The third kappa shape index (κ3) is 2.76. The molecule has 1 fully saturated rings. The van der Waals surface area contributed by atoms with Gasteiger partial charge in [0.15, 0.2) is 0 Å². The fourth-order valence-corrected chi connectivity index (χ4v) is 3.28. The molecule has 0 aliphatic heterocycles. The van der Waals surface area contributed by atoms with Gasteiger partial charge in [0, 0.05) is 17.7 Å². The Balaban J connectivity index is 1.88. The molecule has 1 aliphatic carbocycles. The SMILES string of the molecule is CCCc1nsc(CC(Br)C2CC2)n1. The summed E-state index contributed by atoms with van der Waals surface area (Å²) in [6.07, 6.45) is 5.99. The minimum atomic E-state index is 0.630. The highest BCUT2D eigenvalue weighted by Crippen LogP contribution is 2.38. The van der Waals surface area contributed by atoms with E-state index >= 15 is 0 Å². The van der Waals surface area contributed by atoms with Crippen molar-refractivity contribution >= 4 is 27.5 Å². The van der Waals surface area contributed by atoms with E-state index in [-0.39, 0.29) is 0 Å². The Bertz CT molecular complexity index is 296. The van der Waals surface area contributed by atoms with Gasteiger partial charge in [0.05, 0.1) is 0 Å². The van der Waals surface area contributed by atoms with E-state index in [1.54, 1.807) is 11.5 Å². The van der Waals surface area contributed by atoms with Crippen molar-refractivity contribution in [3.8, 4) is 0 Å². The molecule has 78 valence electrons. The summed E-state index contributed by atoms with van der Waals surface area (Å²) < 4.78 is 4.35. The van der Waals surface area contributed by atoms with Crippen molar-refractivity contribution in [3.05, 3.63) is 10.8 Å². The Kier molecular flexibility index (Phi) is 3.55. The Morgan fingerprint density at radius 2 is 2.36 bits per heavy atom. The average molecular weight is 275 g/mol. The fourth-order valence-electron chi connectivity index (χ4n) is 1.49. The number of aromatic nitrogens is 2. The first kappa shape index (κ1) is 10.6. The quantitative estimate of drug-likeness (QED) is 0.771. The molecule has 1 aromatic heterocycles. The molecule has 2 nitrogen and oxygen atoms in total. The molecule has 0 saturated heterocycles. The van der Waals surface area contributed by atoms with Gasteiger partial charge in [-0.15, -0.1) is 0 Å². The van der Waals surface area contributed by atoms with Crippen LogP contribution in [0.3, 0.4) is 0 Å². The van der Waals surface area contributed by atoms with E-state index in [2.05, 4.69) is 32.2 Å². The third-order valence-corrected chi connectivity index (χ3v) is 4.33. The minimum absolute atomic E-state index is 0.630. The summed E-state index contributed by atoms with van der Waals surface area (Å²) in [6.45, 7) is 2.16. The van der Waals surface area contributed by atoms with E-state index in [1.807, 2.05) is 0 Å². The van der Waals surface area contributed by atoms with Crippen LogP contribution in [-0.4, -0.2) is 14.2 Å². The summed E-state index contributed by atoms with van der Waals surface area (Å²) >= 11 is 5.30. The van der Waals surface area contributed by atoms with Crippen LogP contribution in [0.4, 0.5) is 0 Å². The van der Waals surface area contributed by atoms with E-state index < -0.39 is 0 Å². The number of hydrogen-bond donors (Lipinski definition) is 0. The summed E-state index contributed by atoms with van der Waals surface area (Å²) in [4.78, 5) is 5.16. The fraction of sp³-hybridized carbons (Fsp3) is 0.800. The average Bonchev–Trinajstić information content (AvgIpc) is 2.92. The number of hydrogen-bond acceptors (Lipinski definition) is 3. The van der Waals surface area contributed by atoms with E-state index in [0.29, 0.717) is 4.83 Å². The molecule has 4 heteroatoms. The van der Waals surface area contributed by atoms with Gasteiger partial charge >= 0.3 is 0 Å². The lowest BCUT2D eigenvalue weighted by Crippen LogP contribution is -2.04. The first-order valence-corrected chi connectivity index (χ1v) is 6.94. The highest BCUT2D eigenvalue weighted by molar-refractivity contribution is 9.09. The zero-order chi connectivity index (χ0) is 9.97. The Morgan fingerprint density at radius 1 is 1.57 bits per heavy atom. The molecule has 1 saturated carbocycles. The van der Waals surface area contributed by atoms with E-state index in [9.17, 15) is 0 Å². The molecule has 0 bridgehead atoms. The molecule has 14 heavy (non-hydrogen) atoms. The van der Waals surface area contributed by atoms with E-state index in [4.69, 9.17) is 0 Å². The predicted molar refractivity (Wildman–Crippen MR) is 63.0 cm³/mol. The molecule has 1 aromatic rings. The second kappa shape index (κ2) is 4.71. The largest absolute Gasteiger partial charge is 0.225 e. The van der Waals surface area contributed by atoms with Crippen LogP contribution >= 0.6 is 27.5 Å². The van der Waals surface area contributed by atoms with Gasteiger partial charge in [0.2, 0.25) is 0 Å². The first-order chi connectivity index (χ1) is 6.79. The molecular formula is C10H15BrN2S. The topological polar surface area (TPSA) is 25.8 Å². The monoisotopic (exact) mass is 274 g/mol. The van der Waals surface area contributed by atoms with Gasteiger partial charge in [-0.3, -0.25) is 0 Å². The summed E-state index contributed by atoms with van der Waals surface area (Å²) in [5, 5.41) is 1.20. The number of nitrogens with zero attached hydrogens (tertiary/aromatic N) is 2. The van der Waals surface area contributed by atoms with Crippen LogP contribution in [-0.2, 0) is 12.8 Å². The lowest BCUT2D eigenvalue weighted by Gasteiger charge is -2.03. The zero-order valence-electron chi connectivity index (χ0n) is 8.37. The first-order valence-electron chi connectivity index (χ1n) is 5.25. The van der Waals surface area contributed by atoms with Crippen LogP contribution in [0.25, 0.3) is 0 Å². The zero-order valence-corrected chi connectivity index (χ0v) is 10.8. The number of rotatable bonds is 5. The maximum atomic E-state index is 4.53. The van der Waals surface area contributed by atoms with Crippen molar-refractivity contribution in [2.75, 3.05) is 0 Å². The Labute approximate surface area is 97.4 Å². The molecule has 1 heterocycles. The Morgan fingerprint density at radius 3 is 3.00 bits per heavy atom. The molecule has 0 N–H and O–H groups in total. The van der Waals surface area contributed by atoms with Crippen molar-refractivity contribution in [2.45, 2.75) is 43.9 Å². The van der Waals surface area contributed by atoms with Crippen LogP contribution in [0, 0.1) is 5.92 Å². The third-order valence-electron chi connectivity index (χ3n) is 2.49. The van der Waals surface area contributed by atoms with E-state index in [0.717, 1.165) is 31.0 Å². The Hall–Kier alpha value is 0.0400. The van der Waals surface area contributed by atoms with Gasteiger partial charge in [0.1, 0.15) is 10.8 Å². The molecule has 0 aromatic carbocycles. The molecule has 0 spiro atoms.